The van der Waals surface area contributed by atoms with Crippen LogP contribution in [-0.2, 0) is 11.3 Å². The van der Waals surface area contributed by atoms with Crippen LogP contribution < -0.4 is 4.74 Å². The molecular weight excluding hydrogens is 252 g/mol. The van der Waals surface area contributed by atoms with Crippen LogP contribution in [-0.4, -0.2) is 12.1 Å². The van der Waals surface area contributed by atoms with Crippen molar-refractivity contribution in [3.05, 3.63) is 65.7 Å². The Morgan fingerprint density at radius 2 is 1.65 bits per heavy atom. The third-order valence-electron chi connectivity index (χ3n) is 2.68. The molecule has 2 aromatic carbocycles. The molecule has 0 amide bonds. The molecule has 2 aromatic rings. The first-order chi connectivity index (χ1) is 9.66. The number of rotatable bonds is 5. The topological polar surface area (TPSA) is 35.5 Å². The van der Waals surface area contributed by atoms with Crippen LogP contribution >= 0.6 is 0 Å². The Bertz CT molecular complexity index is 561. The maximum atomic E-state index is 12.1. The molecule has 3 heteroatoms. The van der Waals surface area contributed by atoms with Crippen molar-refractivity contribution in [3.8, 4) is 5.75 Å². The highest BCUT2D eigenvalue weighted by Crippen LogP contribution is 2.20. The summed E-state index contributed by atoms with van der Waals surface area (Å²) in [6, 6.07) is 16.7. The highest BCUT2D eigenvalue weighted by Gasteiger charge is 2.14. The third-order valence-corrected chi connectivity index (χ3v) is 2.68. The molecule has 2 rings (SSSR count). The molecule has 0 aliphatic heterocycles. The molecule has 104 valence electrons. The van der Waals surface area contributed by atoms with Crippen LogP contribution in [0.5, 0.6) is 5.75 Å². The molecule has 0 N–H and O–H groups in total. The Labute approximate surface area is 119 Å². The zero-order valence-electron chi connectivity index (χ0n) is 11.7. The predicted octanol–water partition coefficient (Wildman–Crippen LogP) is 3.83. The summed E-state index contributed by atoms with van der Waals surface area (Å²) < 4.78 is 10.9. The fourth-order valence-electron chi connectivity index (χ4n) is 1.79. The summed E-state index contributed by atoms with van der Waals surface area (Å²) in [5, 5.41) is 0. The van der Waals surface area contributed by atoms with E-state index in [1.165, 1.54) is 0 Å². The molecule has 0 unspecified atom stereocenters. The van der Waals surface area contributed by atoms with Crippen LogP contribution in [0.15, 0.2) is 54.6 Å². The second-order valence-electron chi connectivity index (χ2n) is 4.72. The van der Waals surface area contributed by atoms with Crippen molar-refractivity contribution in [1.29, 1.82) is 0 Å². The van der Waals surface area contributed by atoms with Gasteiger partial charge in [-0.05, 0) is 31.5 Å². The van der Waals surface area contributed by atoms with Gasteiger partial charge in [0, 0.05) is 0 Å². The molecule has 0 radical (unpaired) electrons. The van der Waals surface area contributed by atoms with E-state index in [1.54, 1.807) is 18.2 Å². The first kappa shape index (κ1) is 14.1. The lowest BCUT2D eigenvalue weighted by molar-refractivity contribution is 0.0466. The van der Waals surface area contributed by atoms with Crippen LogP contribution in [0.4, 0.5) is 0 Å². The molecule has 0 atom stereocenters. The standard InChI is InChI=1S/C17H18O3/c1-13(2)20-16-11-7-6-10-15(16)17(18)19-12-14-8-4-3-5-9-14/h3-11,13H,12H2,1-2H3. The lowest BCUT2D eigenvalue weighted by Crippen LogP contribution is -2.11. The molecule has 0 aliphatic rings. The highest BCUT2D eigenvalue weighted by atomic mass is 16.5. The predicted molar refractivity (Wildman–Crippen MR) is 77.8 cm³/mol. The number of benzene rings is 2. The van der Waals surface area contributed by atoms with Gasteiger partial charge < -0.3 is 9.47 Å². The van der Waals surface area contributed by atoms with E-state index in [4.69, 9.17) is 9.47 Å². The van der Waals surface area contributed by atoms with Gasteiger partial charge in [0.15, 0.2) is 0 Å². The van der Waals surface area contributed by atoms with Crippen molar-refractivity contribution < 1.29 is 14.3 Å². The second kappa shape index (κ2) is 6.75. The lowest BCUT2D eigenvalue weighted by atomic mass is 10.2. The first-order valence-electron chi connectivity index (χ1n) is 6.63. The van der Waals surface area contributed by atoms with Crippen molar-refractivity contribution >= 4 is 5.97 Å². The van der Waals surface area contributed by atoms with Crippen molar-refractivity contribution in [1.82, 2.24) is 0 Å². The van der Waals surface area contributed by atoms with Gasteiger partial charge in [-0.25, -0.2) is 4.79 Å². The molecule has 0 saturated heterocycles. The number of ether oxygens (including phenoxy) is 2. The Balaban J connectivity index is 2.05. The van der Waals surface area contributed by atoms with Crippen LogP contribution in [0.3, 0.4) is 0 Å². The van der Waals surface area contributed by atoms with Crippen molar-refractivity contribution in [2.75, 3.05) is 0 Å². The summed E-state index contributed by atoms with van der Waals surface area (Å²) in [6.07, 6.45) is 0.0121. The lowest BCUT2D eigenvalue weighted by Gasteiger charge is -2.13. The average Bonchev–Trinajstić information content (AvgIpc) is 2.46. The van der Waals surface area contributed by atoms with E-state index in [9.17, 15) is 4.79 Å². The quantitative estimate of drug-likeness (QED) is 0.774. The SMILES string of the molecule is CC(C)Oc1ccccc1C(=O)OCc1ccccc1. The molecule has 0 spiro atoms. The van der Waals surface area contributed by atoms with Gasteiger partial charge in [0.1, 0.15) is 17.9 Å². The van der Waals surface area contributed by atoms with Gasteiger partial charge in [-0.3, -0.25) is 0 Å². The van der Waals surface area contributed by atoms with Crippen molar-refractivity contribution in [2.45, 2.75) is 26.6 Å². The van der Waals surface area contributed by atoms with Gasteiger partial charge in [0.05, 0.1) is 6.10 Å². The van der Waals surface area contributed by atoms with Crippen molar-refractivity contribution in [3.63, 3.8) is 0 Å². The molecule has 3 nitrogen and oxygen atoms in total. The van der Waals surface area contributed by atoms with Crippen LogP contribution in [0.25, 0.3) is 0 Å². The van der Waals surface area contributed by atoms with Gasteiger partial charge in [0.2, 0.25) is 0 Å². The minimum Gasteiger partial charge on any atom is -0.490 e. The Morgan fingerprint density at radius 1 is 1.00 bits per heavy atom. The first-order valence-corrected chi connectivity index (χ1v) is 6.63. The summed E-state index contributed by atoms with van der Waals surface area (Å²) in [4.78, 5) is 12.1. The maximum absolute atomic E-state index is 12.1. The largest absolute Gasteiger partial charge is 0.490 e. The minimum atomic E-state index is -0.370. The monoisotopic (exact) mass is 270 g/mol. The van der Waals surface area contributed by atoms with E-state index in [2.05, 4.69) is 0 Å². The molecular formula is C17H18O3. The van der Waals surface area contributed by atoms with Crippen LogP contribution in [0, 0.1) is 0 Å². The fourth-order valence-corrected chi connectivity index (χ4v) is 1.79. The molecule has 0 saturated carbocycles. The maximum Gasteiger partial charge on any atom is 0.342 e. The zero-order chi connectivity index (χ0) is 14.4. The number of carbonyl (C=O) groups excluding carboxylic acids is 1. The summed E-state index contributed by atoms with van der Waals surface area (Å²) in [5.41, 5.74) is 1.42. The fraction of sp³-hybridized carbons (Fsp3) is 0.235. The number of esters is 1. The summed E-state index contributed by atoms with van der Waals surface area (Å²) in [6.45, 7) is 4.11. The Hall–Kier alpha value is -2.29. The van der Waals surface area contributed by atoms with Gasteiger partial charge in [0.25, 0.3) is 0 Å². The zero-order valence-corrected chi connectivity index (χ0v) is 11.7. The number of hydrogen-bond acceptors (Lipinski definition) is 3. The summed E-state index contributed by atoms with van der Waals surface area (Å²) in [5.74, 6) is 0.186. The summed E-state index contributed by atoms with van der Waals surface area (Å²) in [7, 11) is 0. The van der Waals surface area contributed by atoms with E-state index in [0.29, 0.717) is 11.3 Å². The number of hydrogen-bond donors (Lipinski definition) is 0. The second-order valence-corrected chi connectivity index (χ2v) is 4.72. The van der Waals surface area contributed by atoms with E-state index in [1.807, 2.05) is 50.2 Å². The molecule has 0 bridgehead atoms. The molecule has 20 heavy (non-hydrogen) atoms. The van der Waals surface area contributed by atoms with Gasteiger partial charge in [-0.1, -0.05) is 42.5 Å². The van der Waals surface area contributed by atoms with Gasteiger partial charge in [-0.15, -0.1) is 0 Å². The molecule has 0 aliphatic carbocycles. The minimum absolute atomic E-state index is 0.0121. The van der Waals surface area contributed by atoms with E-state index < -0.39 is 0 Å². The van der Waals surface area contributed by atoms with E-state index in [-0.39, 0.29) is 18.7 Å². The molecule has 0 fully saturated rings. The summed E-state index contributed by atoms with van der Waals surface area (Å²) >= 11 is 0. The molecule has 0 heterocycles. The number of para-hydroxylation sites is 1. The van der Waals surface area contributed by atoms with Gasteiger partial charge >= 0.3 is 5.97 Å². The normalized spacial score (nSPS) is 10.3. The Kier molecular flexibility index (Phi) is 4.77. The van der Waals surface area contributed by atoms with E-state index in [0.717, 1.165) is 5.56 Å². The van der Waals surface area contributed by atoms with Crippen LogP contribution in [0.2, 0.25) is 0 Å². The highest BCUT2D eigenvalue weighted by molar-refractivity contribution is 5.92. The van der Waals surface area contributed by atoms with Crippen LogP contribution in [0.1, 0.15) is 29.8 Å². The third kappa shape index (κ3) is 3.85. The van der Waals surface area contributed by atoms with E-state index >= 15 is 0 Å². The molecule has 0 aromatic heterocycles. The van der Waals surface area contributed by atoms with Crippen molar-refractivity contribution in [2.24, 2.45) is 0 Å². The Morgan fingerprint density at radius 3 is 2.35 bits per heavy atom. The average molecular weight is 270 g/mol. The number of carbonyl (C=O) groups is 1. The smallest absolute Gasteiger partial charge is 0.342 e. The van der Waals surface area contributed by atoms with Gasteiger partial charge in [-0.2, -0.15) is 0 Å².